The highest BCUT2D eigenvalue weighted by Crippen LogP contribution is 2.23. The van der Waals surface area contributed by atoms with Crippen molar-refractivity contribution in [3.05, 3.63) is 71.0 Å². The van der Waals surface area contributed by atoms with Crippen LogP contribution in [0, 0.1) is 13.8 Å². The average Bonchev–Trinajstić information content (AvgIpc) is 2.95. The van der Waals surface area contributed by atoms with Crippen molar-refractivity contribution < 1.29 is 4.79 Å². The van der Waals surface area contributed by atoms with E-state index in [1.165, 1.54) is 12.0 Å². The molecule has 0 radical (unpaired) electrons. The second-order valence-electron chi connectivity index (χ2n) is 7.75. The van der Waals surface area contributed by atoms with E-state index in [1.54, 1.807) is 4.90 Å². The van der Waals surface area contributed by atoms with Crippen molar-refractivity contribution >= 4 is 17.7 Å². The van der Waals surface area contributed by atoms with E-state index in [1.807, 2.05) is 43.3 Å². The largest absolute Gasteiger partial charge is 0.329 e. The van der Waals surface area contributed by atoms with Crippen LogP contribution in [0.5, 0.6) is 0 Å². The number of amides is 2. The molecule has 1 aliphatic heterocycles. The summed E-state index contributed by atoms with van der Waals surface area (Å²) in [6, 6.07) is 15.8. The lowest BCUT2D eigenvalue weighted by Crippen LogP contribution is -2.36. The molecule has 0 saturated heterocycles. The highest BCUT2D eigenvalue weighted by molar-refractivity contribution is 6.00. The molecule has 0 unspecified atom stereocenters. The van der Waals surface area contributed by atoms with Crippen LogP contribution in [-0.2, 0) is 19.5 Å². The monoisotopic (exact) mass is 389 g/mol. The number of aryl methyl sites for hydroxylation is 3. The van der Waals surface area contributed by atoms with Gasteiger partial charge in [-0.3, -0.25) is 9.47 Å². The van der Waals surface area contributed by atoms with Crippen molar-refractivity contribution in [3.63, 3.8) is 0 Å². The van der Waals surface area contributed by atoms with Crippen LogP contribution < -0.4 is 10.2 Å². The van der Waals surface area contributed by atoms with Gasteiger partial charge in [0.05, 0.1) is 6.54 Å². The molecule has 0 fully saturated rings. The van der Waals surface area contributed by atoms with E-state index in [2.05, 4.69) is 39.1 Å². The molecule has 1 aromatic heterocycles. The van der Waals surface area contributed by atoms with E-state index in [-0.39, 0.29) is 6.03 Å². The Morgan fingerprint density at radius 2 is 1.86 bits per heavy atom. The number of rotatable bonds is 4. The predicted octanol–water partition coefficient (Wildman–Crippen LogP) is 4.86. The van der Waals surface area contributed by atoms with E-state index in [0.717, 1.165) is 48.4 Å². The smallest absolute Gasteiger partial charge is 0.307 e. The number of nitrogens with one attached hydrogen (secondary N) is 1. The minimum atomic E-state index is -0.199. The number of carbonyl (C=O) groups is 1. The second kappa shape index (κ2) is 8.47. The van der Waals surface area contributed by atoms with E-state index >= 15 is 0 Å². The Balaban J connectivity index is 1.66. The zero-order chi connectivity index (χ0) is 20.2. The lowest BCUT2D eigenvalue weighted by Gasteiger charge is -2.23. The molecule has 0 aliphatic carbocycles. The van der Waals surface area contributed by atoms with Crippen LogP contribution in [0.1, 0.15) is 41.8 Å². The Labute approximate surface area is 171 Å². The Hall–Kier alpha value is -3.15. The fraction of sp³-hybridized carbons (Fsp3) is 0.348. The first-order valence-electron chi connectivity index (χ1n) is 10.2. The fourth-order valence-corrected chi connectivity index (χ4v) is 3.72. The summed E-state index contributed by atoms with van der Waals surface area (Å²) in [5, 5.41) is 11.8. The Kier molecular flexibility index (Phi) is 5.60. The van der Waals surface area contributed by atoms with Gasteiger partial charge in [0.25, 0.3) is 0 Å². The molecular weight excluding hydrogens is 362 g/mol. The molecule has 1 N–H and O–H groups in total. The lowest BCUT2D eigenvalue weighted by molar-refractivity contribution is 0.256. The minimum absolute atomic E-state index is 0.199. The molecule has 2 heterocycles. The van der Waals surface area contributed by atoms with Gasteiger partial charge in [-0.15, -0.1) is 10.2 Å². The van der Waals surface area contributed by atoms with Crippen molar-refractivity contribution in [2.75, 3.05) is 10.2 Å². The number of hydrogen-bond donors (Lipinski definition) is 1. The number of nitrogens with zero attached hydrogens (tertiary/aromatic N) is 4. The first-order valence-corrected chi connectivity index (χ1v) is 10.2. The van der Waals surface area contributed by atoms with E-state index < -0.39 is 0 Å². The topological polar surface area (TPSA) is 63.1 Å². The van der Waals surface area contributed by atoms with Crippen LogP contribution in [0.15, 0.2) is 48.5 Å². The van der Waals surface area contributed by atoms with Gasteiger partial charge in [0.2, 0.25) is 5.95 Å². The third-order valence-electron chi connectivity index (χ3n) is 5.30. The number of urea groups is 1. The van der Waals surface area contributed by atoms with Crippen molar-refractivity contribution in [1.29, 1.82) is 0 Å². The molecule has 6 heteroatoms. The maximum atomic E-state index is 13.3. The van der Waals surface area contributed by atoms with Gasteiger partial charge in [0, 0.05) is 18.7 Å². The molecule has 4 rings (SSSR count). The molecule has 0 spiro atoms. The van der Waals surface area contributed by atoms with Crippen molar-refractivity contribution in [3.8, 4) is 0 Å². The summed E-state index contributed by atoms with van der Waals surface area (Å²) in [6.45, 7) is 5.38. The third-order valence-corrected chi connectivity index (χ3v) is 5.30. The maximum Gasteiger partial charge on any atom is 0.329 e. The molecule has 150 valence electrons. The van der Waals surface area contributed by atoms with Crippen molar-refractivity contribution in [1.82, 2.24) is 14.8 Å². The molecule has 0 saturated carbocycles. The highest BCUT2D eigenvalue weighted by Gasteiger charge is 2.25. The second-order valence-corrected chi connectivity index (χ2v) is 7.75. The van der Waals surface area contributed by atoms with Gasteiger partial charge in [-0.2, -0.15) is 0 Å². The average molecular weight is 390 g/mol. The molecule has 1 aliphatic rings. The number of fused-ring (bicyclic) bond motifs is 1. The van der Waals surface area contributed by atoms with Crippen LogP contribution in [0.4, 0.5) is 16.4 Å². The number of benzene rings is 2. The van der Waals surface area contributed by atoms with Gasteiger partial charge in [0.15, 0.2) is 0 Å². The van der Waals surface area contributed by atoms with Gasteiger partial charge in [-0.1, -0.05) is 53.9 Å². The minimum Gasteiger partial charge on any atom is -0.307 e. The number of anilines is 2. The molecule has 3 aromatic rings. The van der Waals surface area contributed by atoms with Crippen LogP contribution in [0.2, 0.25) is 0 Å². The number of hydrogen-bond acceptors (Lipinski definition) is 3. The molecule has 6 nitrogen and oxygen atoms in total. The van der Waals surface area contributed by atoms with Gasteiger partial charge < -0.3 is 5.32 Å². The Bertz CT molecular complexity index is 993. The Morgan fingerprint density at radius 3 is 2.66 bits per heavy atom. The molecule has 0 atom stereocenters. The summed E-state index contributed by atoms with van der Waals surface area (Å²) in [5.41, 5.74) is 4.16. The predicted molar refractivity (Wildman–Crippen MR) is 115 cm³/mol. The summed E-state index contributed by atoms with van der Waals surface area (Å²) >= 11 is 0. The van der Waals surface area contributed by atoms with Crippen molar-refractivity contribution in [2.24, 2.45) is 0 Å². The molecule has 29 heavy (non-hydrogen) atoms. The standard InChI is InChI=1S/C23H27N5O/c1-17-10-12-20(13-11-17)24-23(29)28(16-19-8-6-7-18(2)15-19)22-26-25-21-9-4-3-5-14-27(21)22/h6-8,10-13,15H,3-5,9,14,16H2,1-2H3,(H,24,29). The number of aromatic nitrogens is 3. The molecule has 2 aromatic carbocycles. The summed E-state index contributed by atoms with van der Waals surface area (Å²) in [7, 11) is 0. The fourth-order valence-electron chi connectivity index (χ4n) is 3.72. The van der Waals surface area contributed by atoms with Crippen LogP contribution >= 0.6 is 0 Å². The van der Waals surface area contributed by atoms with E-state index in [0.29, 0.717) is 12.5 Å². The molecular formula is C23H27N5O. The van der Waals surface area contributed by atoms with Gasteiger partial charge >= 0.3 is 6.03 Å². The van der Waals surface area contributed by atoms with Crippen LogP contribution in [0.25, 0.3) is 0 Å². The van der Waals surface area contributed by atoms with Crippen molar-refractivity contribution in [2.45, 2.75) is 52.6 Å². The lowest BCUT2D eigenvalue weighted by atomic mass is 10.1. The zero-order valence-corrected chi connectivity index (χ0v) is 17.1. The quantitative estimate of drug-likeness (QED) is 0.693. The third kappa shape index (κ3) is 4.47. The van der Waals surface area contributed by atoms with E-state index in [4.69, 9.17) is 0 Å². The summed E-state index contributed by atoms with van der Waals surface area (Å²) < 4.78 is 2.11. The first-order chi connectivity index (χ1) is 14.1. The normalized spacial score (nSPS) is 13.4. The highest BCUT2D eigenvalue weighted by atomic mass is 16.2. The first kappa shape index (κ1) is 19.2. The zero-order valence-electron chi connectivity index (χ0n) is 17.1. The maximum absolute atomic E-state index is 13.3. The van der Waals surface area contributed by atoms with Gasteiger partial charge in [-0.05, 0) is 44.4 Å². The van der Waals surface area contributed by atoms with Crippen LogP contribution in [-0.4, -0.2) is 20.8 Å². The van der Waals surface area contributed by atoms with E-state index in [9.17, 15) is 4.79 Å². The SMILES string of the molecule is Cc1ccc(NC(=O)N(Cc2cccc(C)c2)c2nnc3n2CCCCC3)cc1. The number of carbonyl (C=O) groups excluding carboxylic acids is 1. The summed E-state index contributed by atoms with van der Waals surface area (Å²) in [4.78, 5) is 15.0. The van der Waals surface area contributed by atoms with Gasteiger partial charge in [-0.25, -0.2) is 4.79 Å². The molecule has 2 amide bonds. The summed E-state index contributed by atoms with van der Waals surface area (Å²) in [6.07, 6.45) is 4.28. The van der Waals surface area contributed by atoms with Gasteiger partial charge in [0.1, 0.15) is 5.82 Å². The Morgan fingerprint density at radius 1 is 1.03 bits per heavy atom. The van der Waals surface area contributed by atoms with Crippen LogP contribution in [0.3, 0.4) is 0 Å². The molecule has 0 bridgehead atoms. The summed E-state index contributed by atoms with van der Waals surface area (Å²) in [5.74, 6) is 1.59.